The summed E-state index contributed by atoms with van der Waals surface area (Å²) in [5, 5.41) is 10.6. The fraction of sp³-hybridized carbons (Fsp3) is 0.174. The maximum atomic E-state index is 12.7. The van der Waals surface area contributed by atoms with Crippen LogP contribution in [-0.4, -0.2) is 12.1 Å². The Labute approximate surface area is 183 Å². The number of benzene rings is 1. The topological polar surface area (TPSA) is 111 Å². The molecule has 0 spiro atoms. The Morgan fingerprint density at radius 1 is 1.29 bits per heavy atom. The van der Waals surface area contributed by atoms with Crippen LogP contribution in [0.2, 0.25) is 0 Å². The zero-order valence-corrected chi connectivity index (χ0v) is 17.7. The van der Waals surface area contributed by atoms with E-state index in [-0.39, 0.29) is 17.0 Å². The first-order valence-corrected chi connectivity index (χ1v) is 10.4. The first kappa shape index (κ1) is 20.6. The molecule has 0 saturated heterocycles. The van der Waals surface area contributed by atoms with E-state index >= 15 is 0 Å². The molecule has 2 N–H and O–H groups in total. The number of nitrogens with zero attached hydrogens (tertiary/aromatic N) is 2. The highest BCUT2D eigenvalue weighted by Gasteiger charge is 2.34. The van der Waals surface area contributed by atoms with Crippen molar-refractivity contribution in [1.82, 2.24) is 4.98 Å². The van der Waals surface area contributed by atoms with Crippen LogP contribution in [0.4, 0.5) is 0 Å². The van der Waals surface area contributed by atoms with Crippen LogP contribution in [-0.2, 0) is 5.75 Å². The number of hydrogen-bond donors (Lipinski definition) is 1. The zero-order valence-electron chi connectivity index (χ0n) is 16.9. The summed E-state index contributed by atoms with van der Waals surface area (Å²) in [4.78, 5) is 17.0. The second-order valence-corrected chi connectivity index (χ2v) is 7.87. The highest BCUT2D eigenvalue weighted by molar-refractivity contribution is 7.98. The molecule has 31 heavy (non-hydrogen) atoms. The van der Waals surface area contributed by atoms with Gasteiger partial charge in [-0.05, 0) is 30.7 Å². The van der Waals surface area contributed by atoms with Crippen molar-refractivity contribution in [2.45, 2.75) is 23.6 Å². The molecule has 0 fully saturated rings. The molecule has 0 saturated carbocycles. The van der Waals surface area contributed by atoms with Crippen molar-refractivity contribution in [3.8, 4) is 17.6 Å². The monoisotopic (exact) mass is 433 g/mol. The van der Waals surface area contributed by atoms with Gasteiger partial charge in [-0.2, -0.15) is 5.26 Å². The smallest absolute Gasteiger partial charge is 0.343 e. The summed E-state index contributed by atoms with van der Waals surface area (Å²) in [6.07, 6.45) is 1.74. The third kappa shape index (κ3) is 4.00. The van der Waals surface area contributed by atoms with Crippen LogP contribution < -0.4 is 20.8 Å². The van der Waals surface area contributed by atoms with E-state index in [0.717, 1.165) is 16.2 Å². The summed E-state index contributed by atoms with van der Waals surface area (Å²) in [7, 11) is 1.60. The second kappa shape index (κ2) is 8.58. The molecule has 1 aliphatic rings. The van der Waals surface area contributed by atoms with Crippen molar-refractivity contribution >= 4 is 11.8 Å². The lowest BCUT2D eigenvalue weighted by atomic mass is 9.84. The van der Waals surface area contributed by atoms with Crippen LogP contribution in [0.25, 0.3) is 0 Å². The Hall–Kier alpha value is -3.70. The molecule has 3 aromatic rings. The second-order valence-electron chi connectivity index (χ2n) is 6.88. The fourth-order valence-corrected chi connectivity index (χ4v) is 4.37. The first-order valence-electron chi connectivity index (χ1n) is 9.44. The molecule has 3 heterocycles. The van der Waals surface area contributed by atoms with Crippen LogP contribution in [0, 0.1) is 18.3 Å². The highest BCUT2D eigenvalue weighted by Crippen LogP contribution is 2.42. The van der Waals surface area contributed by atoms with E-state index in [1.54, 1.807) is 38.1 Å². The number of allylic oxidation sites excluding steroid dienone is 1. The number of nitrogens with two attached hydrogens (primary N) is 1. The SMILES string of the molecule is COc1ccc(C2C(C#N)=C(N)Oc3cc(C)oc(=O)c32)cc1CSc1ccccn1. The van der Waals surface area contributed by atoms with Gasteiger partial charge in [0.2, 0.25) is 5.88 Å². The molecule has 0 radical (unpaired) electrons. The fourth-order valence-electron chi connectivity index (χ4n) is 3.53. The van der Waals surface area contributed by atoms with E-state index in [1.165, 1.54) is 0 Å². The van der Waals surface area contributed by atoms with Crippen molar-refractivity contribution in [2.24, 2.45) is 5.73 Å². The number of methoxy groups -OCH3 is 1. The van der Waals surface area contributed by atoms with Crippen LogP contribution in [0.3, 0.4) is 0 Å². The van der Waals surface area contributed by atoms with Crippen LogP contribution in [0.15, 0.2) is 74.4 Å². The molecule has 0 bridgehead atoms. The van der Waals surface area contributed by atoms with Gasteiger partial charge < -0.3 is 19.6 Å². The predicted molar refractivity (Wildman–Crippen MR) is 116 cm³/mol. The molecular weight excluding hydrogens is 414 g/mol. The Morgan fingerprint density at radius 3 is 2.84 bits per heavy atom. The summed E-state index contributed by atoms with van der Waals surface area (Å²) in [5.41, 5.74) is 7.51. The minimum atomic E-state index is -0.699. The minimum absolute atomic E-state index is 0.0229. The summed E-state index contributed by atoms with van der Waals surface area (Å²) in [6, 6.07) is 15.0. The third-order valence-corrected chi connectivity index (χ3v) is 5.90. The van der Waals surface area contributed by atoms with E-state index in [9.17, 15) is 10.1 Å². The van der Waals surface area contributed by atoms with Crippen molar-refractivity contribution < 1.29 is 13.9 Å². The number of nitriles is 1. The number of aryl methyl sites for hydroxylation is 1. The molecule has 0 amide bonds. The average molecular weight is 433 g/mol. The van der Waals surface area contributed by atoms with Gasteiger partial charge in [-0.15, -0.1) is 11.8 Å². The number of fused-ring (bicyclic) bond motifs is 1. The standard InChI is InChI=1S/C23H19N3O4S/c1-13-9-18-21(23(27)29-13)20(16(11-24)22(25)30-18)14-6-7-17(28-2)15(10-14)12-31-19-5-3-4-8-26-19/h3-10,20H,12,25H2,1-2H3. The molecule has 1 unspecified atom stereocenters. The quantitative estimate of drug-likeness (QED) is 0.604. The van der Waals surface area contributed by atoms with Crippen molar-refractivity contribution in [1.29, 1.82) is 5.26 Å². The predicted octanol–water partition coefficient (Wildman–Crippen LogP) is 3.86. The summed E-state index contributed by atoms with van der Waals surface area (Å²) in [5.74, 6) is 1.27. The Morgan fingerprint density at radius 2 is 2.13 bits per heavy atom. The molecule has 1 atom stereocenters. The number of rotatable bonds is 5. The molecule has 8 heteroatoms. The number of pyridine rings is 1. The molecule has 2 aromatic heterocycles. The van der Waals surface area contributed by atoms with Crippen LogP contribution in [0.1, 0.15) is 28.4 Å². The van der Waals surface area contributed by atoms with Crippen molar-refractivity contribution in [3.63, 3.8) is 0 Å². The molecule has 1 aromatic carbocycles. The Bertz CT molecular complexity index is 1260. The van der Waals surface area contributed by atoms with Gasteiger partial charge in [-0.1, -0.05) is 18.2 Å². The zero-order chi connectivity index (χ0) is 22.0. The minimum Gasteiger partial charge on any atom is -0.496 e. The van der Waals surface area contributed by atoms with Gasteiger partial charge in [0.05, 0.1) is 23.6 Å². The summed E-state index contributed by atoms with van der Waals surface area (Å²) in [6.45, 7) is 1.65. The van der Waals surface area contributed by atoms with Crippen molar-refractivity contribution in [2.75, 3.05) is 7.11 Å². The van der Waals surface area contributed by atoms with E-state index in [4.69, 9.17) is 19.6 Å². The van der Waals surface area contributed by atoms with Gasteiger partial charge >= 0.3 is 5.63 Å². The number of thioether (sulfide) groups is 1. The summed E-state index contributed by atoms with van der Waals surface area (Å²) >= 11 is 1.56. The van der Waals surface area contributed by atoms with E-state index < -0.39 is 11.5 Å². The van der Waals surface area contributed by atoms with Gasteiger partial charge in [0.15, 0.2) is 0 Å². The lowest BCUT2D eigenvalue weighted by Crippen LogP contribution is -2.26. The van der Waals surface area contributed by atoms with Gasteiger partial charge in [-0.3, -0.25) is 0 Å². The molecule has 7 nitrogen and oxygen atoms in total. The van der Waals surface area contributed by atoms with E-state index in [1.807, 2.05) is 36.4 Å². The summed E-state index contributed by atoms with van der Waals surface area (Å²) < 4.78 is 16.4. The van der Waals surface area contributed by atoms with Crippen LogP contribution in [0.5, 0.6) is 11.5 Å². The van der Waals surface area contributed by atoms with Gasteiger partial charge in [0.25, 0.3) is 0 Å². The molecular formula is C23H19N3O4S. The lowest BCUT2D eigenvalue weighted by molar-refractivity contribution is 0.371. The van der Waals surface area contributed by atoms with Gasteiger partial charge in [0, 0.05) is 23.6 Å². The van der Waals surface area contributed by atoms with Crippen LogP contribution >= 0.6 is 11.8 Å². The lowest BCUT2D eigenvalue weighted by Gasteiger charge is -2.25. The average Bonchev–Trinajstić information content (AvgIpc) is 2.77. The molecule has 0 aliphatic carbocycles. The Kier molecular flexibility index (Phi) is 5.69. The number of aromatic nitrogens is 1. The maximum absolute atomic E-state index is 12.7. The molecule has 1 aliphatic heterocycles. The highest BCUT2D eigenvalue weighted by atomic mass is 32.2. The van der Waals surface area contributed by atoms with Gasteiger partial charge in [-0.25, -0.2) is 9.78 Å². The molecule has 4 rings (SSSR count). The largest absolute Gasteiger partial charge is 0.496 e. The van der Waals surface area contributed by atoms with E-state index in [2.05, 4.69) is 11.1 Å². The van der Waals surface area contributed by atoms with Crippen molar-refractivity contribution in [3.05, 3.63) is 93.0 Å². The molecule has 156 valence electrons. The third-order valence-electron chi connectivity index (χ3n) is 4.91. The maximum Gasteiger partial charge on any atom is 0.343 e. The van der Waals surface area contributed by atoms with E-state index in [0.29, 0.717) is 23.0 Å². The normalized spacial score (nSPS) is 15.1. The first-order chi connectivity index (χ1) is 15.0. The number of ether oxygens (including phenoxy) is 2. The Balaban J connectivity index is 1.80. The van der Waals surface area contributed by atoms with Gasteiger partial charge in [0.1, 0.15) is 28.9 Å². The number of hydrogen-bond acceptors (Lipinski definition) is 8.